The third-order valence-corrected chi connectivity index (χ3v) is 5.80. The minimum Gasteiger partial charge on any atom is -0.317 e. The molecule has 0 bridgehead atoms. The van der Waals surface area contributed by atoms with E-state index in [-0.39, 0.29) is 5.69 Å². The van der Waals surface area contributed by atoms with Crippen LogP contribution in [0.15, 0.2) is 24.3 Å². The summed E-state index contributed by atoms with van der Waals surface area (Å²) in [5.41, 5.74) is 0.385. The molecule has 20 heavy (non-hydrogen) atoms. The lowest BCUT2D eigenvalue weighted by Gasteiger charge is -2.28. The van der Waals surface area contributed by atoms with Crippen molar-refractivity contribution in [3.63, 3.8) is 0 Å². The van der Waals surface area contributed by atoms with Crippen LogP contribution in [0.5, 0.6) is 0 Å². The Labute approximate surface area is 117 Å². The maximum absolute atomic E-state index is 12.5. The number of rotatable bonds is 4. The van der Waals surface area contributed by atoms with Gasteiger partial charge in [0.2, 0.25) is 10.0 Å². The van der Waals surface area contributed by atoms with Gasteiger partial charge in [-0.1, -0.05) is 0 Å². The second-order valence-electron chi connectivity index (χ2n) is 4.74. The van der Waals surface area contributed by atoms with Gasteiger partial charge in [0.1, 0.15) is 0 Å². The number of nitrogens with one attached hydrogen (secondary N) is 1. The average molecular weight is 299 g/mol. The average Bonchev–Trinajstić information content (AvgIpc) is 2.47. The maximum atomic E-state index is 12.5. The number of benzene rings is 1. The Morgan fingerprint density at radius 3 is 2.30 bits per heavy atom. The molecule has 1 saturated heterocycles. The highest BCUT2D eigenvalue weighted by molar-refractivity contribution is 7.93. The summed E-state index contributed by atoms with van der Waals surface area (Å²) in [7, 11) is -1.94. The van der Waals surface area contributed by atoms with Crippen molar-refractivity contribution in [1.82, 2.24) is 5.32 Å². The van der Waals surface area contributed by atoms with E-state index < -0.39 is 20.2 Å². The normalized spacial score (nSPS) is 16.9. The van der Waals surface area contributed by atoms with Crippen LogP contribution in [0.2, 0.25) is 0 Å². The maximum Gasteiger partial charge on any atom is 0.269 e. The minimum absolute atomic E-state index is 0.0542. The number of anilines is 1. The number of non-ortho nitro benzene ring substituents is 1. The van der Waals surface area contributed by atoms with Gasteiger partial charge in [-0.3, -0.25) is 14.4 Å². The van der Waals surface area contributed by atoms with Crippen molar-refractivity contribution in [2.75, 3.05) is 24.4 Å². The van der Waals surface area contributed by atoms with E-state index in [1.54, 1.807) is 0 Å². The minimum atomic E-state index is -3.42. The second kappa shape index (κ2) is 5.76. The second-order valence-corrected chi connectivity index (χ2v) is 6.98. The lowest BCUT2D eigenvalue weighted by molar-refractivity contribution is -0.384. The van der Waals surface area contributed by atoms with Crippen molar-refractivity contribution < 1.29 is 13.3 Å². The molecule has 1 aliphatic rings. The Morgan fingerprint density at radius 2 is 1.80 bits per heavy atom. The Morgan fingerprint density at radius 1 is 1.25 bits per heavy atom. The first-order valence-electron chi connectivity index (χ1n) is 6.36. The zero-order chi connectivity index (χ0) is 14.8. The summed E-state index contributed by atoms with van der Waals surface area (Å²) in [4.78, 5) is 10.1. The monoisotopic (exact) mass is 299 g/mol. The zero-order valence-corrected chi connectivity index (χ0v) is 12.0. The SMILES string of the molecule is CN(c1ccc([N+](=O)[O-])cc1)S(=O)(=O)C1CCNCC1. The lowest BCUT2D eigenvalue weighted by Crippen LogP contribution is -2.42. The van der Waals surface area contributed by atoms with E-state index in [0.29, 0.717) is 31.6 Å². The van der Waals surface area contributed by atoms with Crippen LogP contribution >= 0.6 is 0 Å². The molecule has 1 aliphatic heterocycles. The van der Waals surface area contributed by atoms with E-state index in [1.165, 1.54) is 35.6 Å². The van der Waals surface area contributed by atoms with Gasteiger partial charge in [0.25, 0.3) is 5.69 Å². The van der Waals surface area contributed by atoms with Gasteiger partial charge in [-0.25, -0.2) is 8.42 Å². The van der Waals surface area contributed by atoms with Crippen molar-refractivity contribution in [3.05, 3.63) is 34.4 Å². The van der Waals surface area contributed by atoms with Gasteiger partial charge in [-0.2, -0.15) is 0 Å². The molecule has 1 heterocycles. The summed E-state index contributed by atoms with van der Waals surface area (Å²) in [5.74, 6) is 0. The van der Waals surface area contributed by atoms with Gasteiger partial charge >= 0.3 is 0 Å². The first kappa shape index (κ1) is 14.7. The van der Waals surface area contributed by atoms with Crippen molar-refractivity contribution >= 4 is 21.4 Å². The summed E-state index contributed by atoms with van der Waals surface area (Å²) in [6.45, 7) is 1.38. The van der Waals surface area contributed by atoms with Crippen LogP contribution < -0.4 is 9.62 Å². The van der Waals surface area contributed by atoms with Crippen LogP contribution in [-0.2, 0) is 10.0 Å². The molecule has 0 radical (unpaired) electrons. The number of nitro groups is 1. The summed E-state index contributed by atoms with van der Waals surface area (Å²) in [5, 5.41) is 13.3. The first-order valence-corrected chi connectivity index (χ1v) is 7.86. The Kier molecular flexibility index (Phi) is 4.24. The highest BCUT2D eigenvalue weighted by Gasteiger charge is 2.31. The molecule has 0 amide bonds. The number of hydrogen-bond acceptors (Lipinski definition) is 5. The predicted molar refractivity (Wildman–Crippen MR) is 76.3 cm³/mol. The van der Waals surface area contributed by atoms with Gasteiger partial charge in [0.15, 0.2) is 0 Å². The lowest BCUT2D eigenvalue weighted by atomic mass is 10.2. The fourth-order valence-corrected chi connectivity index (χ4v) is 3.94. The smallest absolute Gasteiger partial charge is 0.269 e. The fourth-order valence-electron chi connectivity index (χ4n) is 2.25. The first-order chi connectivity index (χ1) is 9.43. The third-order valence-electron chi connectivity index (χ3n) is 3.51. The molecule has 0 unspecified atom stereocenters. The number of nitro benzene ring substituents is 1. The molecule has 0 atom stereocenters. The molecule has 0 saturated carbocycles. The Bertz CT molecular complexity index is 579. The molecule has 1 aromatic carbocycles. The van der Waals surface area contributed by atoms with E-state index in [9.17, 15) is 18.5 Å². The fraction of sp³-hybridized carbons (Fsp3) is 0.500. The van der Waals surface area contributed by atoms with Crippen LogP contribution in [0.3, 0.4) is 0 Å². The van der Waals surface area contributed by atoms with Crippen LogP contribution in [0.1, 0.15) is 12.8 Å². The standard InChI is InChI=1S/C12H17N3O4S/c1-14(10-2-4-11(5-3-10)15(16)17)20(18,19)12-6-8-13-9-7-12/h2-5,12-13H,6-9H2,1H3. The molecule has 0 aromatic heterocycles. The molecule has 0 spiro atoms. The summed E-state index contributed by atoms with van der Waals surface area (Å²) >= 11 is 0. The number of hydrogen-bond donors (Lipinski definition) is 1. The van der Waals surface area contributed by atoms with Crippen LogP contribution in [0.4, 0.5) is 11.4 Å². The van der Waals surface area contributed by atoms with Crippen LogP contribution in [-0.4, -0.2) is 38.7 Å². The molecule has 8 heteroatoms. The zero-order valence-electron chi connectivity index (χ0n) is 11.2. The summed E-state index contributed by atoms with van der Waals surface area (Å²) in [6, 6.07) is 5.53. The highest BCUT2D eigenvalue weighted by Crippen LogP contribution is 2.24. The van der Waals surface area contributed by atoms with Crippen molar-refractivity contribution in [1.29, 1.82) is 0 Å². The number of sulfonamides is 1. The number of piperidine rings is 1. The Balaban J connectivity index is 2.20. The molecule has 1 N–H and O–H groups in total. The quantitative estimate of drug-likeness (QED) is 0.664. The predicted octanol–water partition coefficient (Wildman–Crippen LogP) is 1.11. The van der Waals surface area contributed by atoms with E-state index in [1.807, 2.05) is 0 Å². The van der Waals surface area contributed by atoms with E-state index >= 15 is 0 Å². The van der Waals surface area contributed by atoms with E-state index in [0.717, 1.165) is 0 Å². The molecule has 0 aliphatic carbocycles. The topological polar surface area (TPSA) is 92.5 Å². The van der Waals surface area contributed by atoms with Crippen molar-refractivity contribution in [2.24, 2.45) is 0 Å². The molecule has 2 rings (SSSR count). The van der Waals surface area contributed by atoms with Gasteiger partial charge in [0.05, 0.1) is 15.9 Å². The molecular weight excluding hydrogens is 282 g/mol. The molecule has 1 aromatic rings. The summed E-state index contributed by atoms with van der Waals surface area (Å²) < 4.78 is 26.2. The number of nitrogens with zero attached hydrogens (tertiary/aromatic N) is 2. The van der Waals surface area contributed by atoms with E-state index in [4.69, 9.17) is 0 Å². The van der Waals surface area contributed by atoms with E-state index in [2.05, 4.69) is 5.32 Å². The van der Waals surface area contributed by atoms with Crippen LogP contribution in [0, 0.1) is 10.1 Å². The molecule has 110 valence electrons. The van der Waals surface area contributed by atoms with Crippen molar-refractivity contribution in [3.8, 4) is 0 Å². The molecular formula is C12H17N3O4S. The van der Waals surface area contributed by atoms with Gasteiger partial charge in [0, 0.05) is 19.2 Å². The van der Waals surface area contributed by atoms with Crippen LogP contribution in [0.25, 0.3) is 0 Å². The largest absolute Gasteiger partial charge is 0.317 e. The Hall–Kier alpha value is -1.67. The highest BCUT2D eigenvalue weighted by atomic mass is 32.2. The molecule has 1 fully saturated rings. The van der Waals surface area contributed by atoms with Gasteiger partial charge in [-0.05, 0) is 38.1 Å². The van der Waals surface area contributed by atoms with Gasteiger partial charge in [-0.15, -0.1) is 0 Å². The van der Waals surface area contributed by atoms with Crippen molar-refractivity contribution in [2.45, 2.75) is 18.1 Å². The van der Waals surface area contributed by atoms with Gasteiger partial charge < -0.3 is 5.32 Å². The third kappa shape index (κ3) is 2.91. The summed E-state index contributed by atoms with van der Waals surface area (Å²) in [6.07, 6.45) is 1.17. The molecule has 7 nitrogen and oxygen atoms in total.